The molecule has 0 spiro atoms. The smallest absolute Gasteiger partial charge is 0.241 e. The van der Waals surface area contributed by atoms with Gasteiger partial charge in [-0.2, -0.15) is 5.26 Å². The van der Waals surface area contributed by atoms with Crippen molar-refractivity contribution in [1.82, 2.24) is 5.43 Å². The van der Waals surface area contributed by atoms with Crippen LogP contribution in [0.1, 0.15) is 23.7 Å². The van der Waals surface area contributed by atoms with Gasteiger partial charge in [0.25, 0.3) is 0 Å². The SMILES string of the molecule is N#Cc1ccc(NNC(=O)CC(O)c2ccc(Cl)cc2)cc1. The number of carbonyl (C=O) groups is 1. The summed E-state index contributed by atoms with van der Waals surface area (Å²) < 4.78 is 0. The lowest BCUT2D eigenvalue weighted by Crippen LogP contribution is -2.30. The number of aliphatic hydroxyl groups excluding tert-OH is 1. The minimum Gasteiger partial charge on any atom is -0.388 e. The van der Waals surface area contributed by atoms with Crippen LogP contribution in [0.2, 0.25) is 5.02 Å². The van der Waals surface area contributed by atoms with Gasteiger partial charge in [0.2, 0.25) is 5.91 Å². The van der Waals surface area contributed by atoms with E-state index >= 15 is 0 Å². The molecule has 0 heterocycles. The average Bonchev–Trinajstić information content (AvgIpc) is 2.54. The molecule has 0 saturated heterocycles. The maximum atomic E-state index is 11.8. The molecule has 1 unspecified atom stereocenters. The molecule has 3 N–H and O–H groups in total. The van der Waals surface area contributed by atoms with Crippen LogP contribution < -0.4 is 10.9 Å². The molecule has 5 nitrogen and oxygen atoms in total. The molecule has 0 aliphatic rings. The van der Waals surface area contributed by atoms with Crippen LogP contribution in [-0.2, 0) is 4.79 Å². The highest BCUT2D eigenvalue weighted by molar-refractivity contribution is 6.30. The van der Waals surface area contributed by atoms with Crippen molar-refractivity contribution in [3.05, 3.63) is 64.7 Å². The summed E-state index contributed by atoms with van der Waals surface area (Å²) in [6.45, 7) is 0. The number of amides is 1. The normalized spacial score (nSPS) is 11.3. The number of rotatable bonds is 5. The second-order valence-corrected chi connectivity index (χ2v) is 5.07. The molecule has 0 bridgehead atoms. The molecule has 2 aromatic carbocycles. The zero-order valence-electron chi connectivity index (χ0n) is 11.6. The summed E-state index contributed by atoms with van der Waals surface area (Å²) in [5, 5.41) is 19.2. The fourth-order valence-corrected chi connectivity index (χ4v) is 1.93. The zero-order chi connectivity index (χ0) is 15.9. The minimum absolute atomic E-state index is 0.0785. The molecular weight excluding hydrogens is 302 g/mol. The number of hydrogen-bond donors (Lipinski definition) is 3. The number of hydrazine groups is 1. The molecule has 22 heavy (non-hydrogen) atoms. The van der Waals surface area contributed by atoms with Crippen molar-refractivity contribution in [1.29, 1.82) is 5.26 Å². The van der Waals surface area contributed by atoms with Gasteiger partial charge in [0, 0.05) is 5.02 Å². The van der Waals surface area contributed by atoms with Crippen molar-refractivity contribution in [2.75, 3.05) is 5.43 Å². The van der Waals surface area contributed by atoms with Gasteiger partial charge in [-0.1, -0.05) is 23.7 Å². The van der Waals surface area contributed by atoms with E-state index in [9.17, 15) is 9.90 Å². The Morgan fingerprint density at radius 2 is 1.82 bits per heavy atom. The van der Waals surface area contributed by atoms with Crippen LogP contribution >= 0.6 is 11.6 Å². The molecule has 112 valence electrons. The molecule has 0 saturated carbocycles. The third-order valence-electron chi connectivity index (χ3n) is 2.99. The Balaban J connectivity index is 1.84. The largest absolute Gasteiger partial charge is 0.388 e. The van der Waals surface area contributed by atoms with Gasteiger partial charge in [-0.3, -0.25) is 15.6 Å². The van der Waals surface area contributed by atoms with Crippen molar-refractivity contribution in [3.8, 4) is 6.07 Å². The van der Waals surface area contributed by atoms with Crippen LogP contribution in [0.15, 0.2) is 48.5 Å². The highest BCUT2D eigenvalue weighted by Crippen LogP contribution is 2.19. The summed E-state index contributed by atoms with van der Waals surface area (Å²) in [6, 6.07) is 15.3. The minimum atomic E-state index is -0.903. The van der Waals surface area contributed by atoms with E-state index in [1.54, 1.807) is 48.5 Å². The van der Waals surface area contributed by atoms with Gasteiger partial charge in [-0.25, -0.2) is 0 Å². The number of anilines is 1. The number of benzene rings is 2. The van der Waals surface area contributed by atoms with Gasteiger partial charge in [0.05, 0.1) is 29.8 Å². The molecule has 6 heteroatoms. The molecule has 2 rings (SSSR count). The monoisotopic (exact) mass is 315 g/mol. The Kier molecular flexibility index (Phi) is 5.37. The summed E-state index contributed by atoms with van der Waals surface area (Å²) in [4.78, 5) is 11.8. The third-order valence-corrected chi connectivity index (χ3v) is 3.25. The van der Waals surface area contributed by atoms with Crippen LogP contribution in [0, 0.1) is 11.3 Å². The van der Waals surface area contributed by atoms with E-state index in [0.717, 1.165) is 0 Å². The van der Waals surface area contributed by atoms with E-state index in [4.69, 9.17) is 16.9 Å². The van der Waals surface area contributed by atoms with E-state index in [1.165, 1.54) is 0 Å². The van der Waals surface area contributed by atoms with Gasteiger partial charge >= 0.3 is 0 Å². The van der Waals surface area contributed by atoms with Crippen LogP contribution in [0.4, 0.5) is 5.69 Å². The maximum absolute atomic E-state index is 11.8. The van der Waals surface area contributed by atoms with Gasteiger partial charge in [0.15, 0.2) is 0 Å². The van der Waals surface area contributed by atoms with Crippen LogP contribution in [0.3, 0.4) is 0 Å². The van der Waals surface area contributed by atoms with Gasteiger partial charge in [-0.15, -0.1) is 0 Å². The van der Waals surface area contributed by atoms with Crippen molar-refractivity contribution < 1.29 is 9.90 Å². The van der Waals surface area contributed by atoms with Crippen molar-refractivity contribution in [2.24, 2.45) is 0 Å². The Morgan fingerprint density at radius 3 is 2.41 bits per heavy atom. The fourth-order valence-electron chi connectivity index (χ4n) is 1.80. The highest BCUT2D eigenvalue weighted by atomic mass is 35.5. The van der Waals surface area contributed by atoms with Crippen molar-refractivity contribution in [3.63, 3.8) is 0 Å². The molecule has 0 aliphatic heterocycles. The number of halogens is 1. The van der Waals surface area contributed by atoms with Gasteiger partial charge < -0.3 is 5.11 Å². The first kappa shape index (κ1) is 15.8. The second kappa shape index (κ2) is 7.46. The maximum Gasteiger partial charge on any atom is 0.241 e. The Morgan fingerprint density at radius 1 is 1.18 bits per heavy atom. The first-order valence-electron chi connectivity index (χ1n) is 6.57. The molecule has 1 amide bonds. The number of hydrogen-bond acceptors (Lipinski definition) is 4. The molecule has 0 fully saturated rings. The summed E-state index contributed by atoms with van der Waals surface area (Å²) in [5.74, 6) is -0.355. The van der Waals surface area contributed by atoms with E-state index in [1.807, 2.05) is 6.07 Å². The summed E-state index contributed by atoms with van der Waals surface area (Å²) in [7, 11) is 0. The van der Waals surface area contributed by atoms with Gasteiger partial charge in [0.1, 0.15) is 0 Å². The molecule has 0 radical (unpaired) electrons. The first-order valence-corrected chi connectivity index (χ1v) is 6.95. The Bertz CT molecular complexity index is 678. The number of nitrogens with zero attached hydrogens (tertiary/aromatic N) is 1. The van der Waals surface area contributed by atoms with E-state index in [2.05, 4.69) is 10.9 Å². The molecule has 0 aliphatic carbocycles. The van der Waals surface area contributed by atoms with E-state index < -0.39 is 6.10 Å². The topological polar surface area (TPSA) is 85.2 Å². The van der Waals surface area contributed by atoms with Gasteiger partial charge in [-0.05, 0) is 42.0 Å². The van der Waals surface area contributed by atoms with Crippen molar-refractivity contribution in [2.45, 2.75) is 12.5 Å². The summed E-state index contributed by atoms with van der Waals surface area (Å²) in [6.07, 6.45) is -0.981. The first-order chi connectivity index (χ1) is 10.6. The third kappa shape index (κ3) is 4.48. The highest BCUT2D eigenvalue weighted by Gasteiger charge is 2.12. The standard InChI is InChI=1S/C16H14ClN3O2/c17-13-5-3-12(4-6-13)15(21)9-16(22)20-19-14-7-1-11(10-18)2-8-14/h1-8,15,19,21H,9H2,(H,20,22). The lowest BCUT2D eigenvalue weighted by Gasteiger charge is -2.12. The van der Waals surface area contributed by atoms with Crippen LogP contribution in [0.5, 0.6) is 0 Å². The summed E-state index contributed by atoms with van der Waals surface area (Å²) in [5.41, 5.74) is 7.02. The fraction of sp³-hybridized carbons (Fsp3) is 0.125. The zero-order valence-corrected chi connectivity index (χ0v) is 12.3. The lowest BCUT2D eigenvalue weighted by molar-refractivity contribution is -0.122. The average molecular weight is 316 g/mol. The Labute approximate surface area is 133 Å². The van der Waals surface area contributed by atoms with Crippen LogP contribution in [-0.4, -0.2) is 11.0 Å². The number of nitrogens with one attached hydrogen (secondary N) is 2. The molecule has 0 aromatic heterocycles. The van der Waals surface area contributed by atoms with Crippen LogP contribution in [0.25, 0.3) is 0 Å². The Hall–Kier alpha value is -2.55. The molecular formula is C16H14ClN3O2. The molecule has 2 aromatic rings. The van der Waals surface area contributed by atoms with E-state index in [0.29, 0.717) is 21.8 Å². The second-order valence-electron chi connectivity index (χ2n) is 4.63. The summed E-state index contributed by atoms with van der Waals surface area (Å²) >= 11 is 5.77. The predicted octanol–water partition coefficient (Wildman–Crippen LogP) is 2.78. The predicted molar refractivity (Wildman–Crippen MR) is 84.0 cm³/mol. The molecule has 1 atom stereocenters. The van der Waals surface area contributed by atoms with E-state index in [-0.39, 0.29) is 12.3 Å². The van der Waals surface area contributed by atoms with Crippen molar-refractivity contribution >= 4 is 23.2 Å². The lowest BCUT2D eigenvalue weighted by atomic mass is 10.1. The number of aliphatic hydroxyl groups is 1. The number of carbonyl (C=O) groups excluding carboxylic acids is 1. The number of nitriles is 1. The quantitative estimate of drug-likeness (QED) is 0.741.